The van der Waals surface area contributed by atoms with Crippen molar-refractivity contribution in [1.82, 2.24) is 5.32 Å². The number of phenolic OH excluding ortho intramolecular Hbond substituents is 1. The highest BCUT2D eigenvalue weighted by Crippen LogP contribution is 2.38. The summed E-state index contributed by atoms with van der Waals surface area (Å²) in [6, 6.07) is 6.22. The Balaban J connectivity index is 1.96. The SMILES string of the molecule is CC1CC[C@@H](C(C)C)[C@H](C(=O)NCC(=O)c2cccc(O)c2)C1. The molecule has 0 bridgehead atoms. The summed E-state index contributed by atoms with van der Waals surface area (Å²) in [5.74, 6) is 1.28. The van der Waals surface area contributed by atoms with Gasteiger partial charge in [0.25, 0.3) is 0 Å². The zero-order valence-electron chi connectivity index (χ0n) is 14.2. The van der Waals surface area contributed by atoms with E-state index >= 15 is 0 Å². The van der Waals surface area contributed by atoms with Crippen LogP contribution in [-0.4, -0.2) is 23.3 Å². The molecule has 126 valence electrons. The minimum absolute atomic E-state index is 0.00396. The lowest BCUT2D eigenvalue weighted by Gasteiger charge is -2.36. The van der Waals surface area contributed by atoms with Crippen molar-refractivity contribution in [2.75, 3.05) is 6.54 Å². The lowest BCUT2D eigenvalue weighted by Crippen LogP contribution is -2.41. The molecule has 1 aliphatic carbocycles. The summed E-state index contributed by atoms with van der Waals surface area (Å²) in [6.45, 7) is 6.50. The van der Waals surface area contributed by atoms with Crippen LogP contribution in [0.4, 0.5) is 0 Å². The number of carbonyl (C=O) groups is 2. The van der Waals surface area contributed by atoms with Crippen LogP contribution in [0.5, 0.6) is 5.75 Å². The Labute approximate surface area is 138 Å². The molecule has 1 amide bonds. The normalized spacial score (nSPS) is 24.4. The predicted octanol–water partition coefficient (Wildman–Crippen LogP) is 3.40. The van der Waals surface area contributed by atoms with Gasteiger partial charge >= 0.3 is 0 Å². The molecule has 4 nitrogen and oxygen atoms in total. The molecular weight excluding hydrogens is 290 g/mol. The number of benzene rings is 1. The fourth-order valence-electron chi connectivity index (χ4n) is 3.58. The third kappa shape index (κ3) is 4.57. The van der Waals surface area contributed by atoms with Crippen molar-refractivity contribution in [2.24, 2.45) is 23.7 Å². The number of ketones is 1. The summed E-state index contributed by atoms with van der Waals surface area (Å²) in [7, 11) is 0. The highest BCUT2D eigenvalue weighted by molar-refractivity contribution is 5.99. The maximum absolute atomic E-state index is 12.5. The zero-order valence-corrected chi connectivity index (χ0v) is 14.2. The van der Waals surface area contributed by atoms with E-state index in [-0.39, 0.29) is 29.9 Å². The first kappa shape index (κ1) is 17.5. The Kier molecular flexibility index (Phi) is 5.80. The van der Waals surface area contributed by atoms with Crippen molar-refractivity contribution < 1.29 is 14.7 Å². The molecule has 2 rings (SSSR count). The van der Waals surface area contributed by atoms with E-state index < -0.39 is 0 Å². The number of hydrogen-bond acceptors (Lipinski definition) is 3. The van der Waals surface area contributed by atoms with E-state index in [9.17, 15) is 14.7 Å². The molecule has 3 atom stereocenters. The van der Waals surface area contributed by atoms with Crippen LogP contribution < -0.4 is 5.32 Å². The van der Waals surface area contributed by atoms with E-state index in [1.807, 2.05) is 0 Å². The van der Waals surface area contributed by atoms with Crippen molar-refractivity contribution in [1.29, 1.82) is 0 Å². The van der Waals surface area contributed by atoms with Crippen LogP contribution >= 0.6 is 0 Å². The molecule has 4 heteroatoms. The Morgan fingerprint density at radius 1 is 1.30 bits per heavy atom. The van der Waals surface area contributed by atoms with Crippen molar-refractivity contribution in [2.45, 2.75) is 40.0 Å². The molecule has 0 spiro atoms. The maximum atomic E-state index is 12.5. The molecule has 1 saturated carbocycles. The largest absolute Gasteiger partial charge is 0.508 e. The average Bonchev–Trinajstić information content (AvgIpc) is 2.51. The van der Waals surface area contributed by atoms with E-state index in [0.717, 1.165) is 12.8 Å². The Hall–Kier alpha value is -1.84. The van der Waals surface area contributed by atoms with Crippen molar-refractivity contribution >= 4 is 11.7 Å². The second-order valence-corrected chi connectivity index (χ2v) is 7.12. The van der Waals surface area contributed by atoms with E-state index in [0.29, 0.717) is 23.3 Å². The van der Waals surface area contributed by atoms with Crippen LogP contribution in [0.1, 0.15) is 50.4 Å². The van der Waals surface area contributed by atoms with Gasteiger partial charge in [0.2, 0.25) is 5.91 Å². The number of rotatable bonds is 5. The number of Topliss-reactive ketones (excluding diaryl/α,β-unsaturated/α-hetero) is 1. The van der Waals surface area contributed by atoms with Crippen LogP contribution in [0.2, 0.25) is 0 Å². The van der Waals surface area contributed by atoms with Gasteiger partial charge in [-0.1, -0.05) is 39.3 Å². The Bertz CT molecular complexity index is 567. The lowest BCUT2D eigenvalue weighted by atomic mass is 9.70. The topological polar surface area (TPSA) is 66.4 Å². The minimum Gasteiger partial charge on any atom is -0.508 e. The molecule has 1 aromatic carbocycles. The van der Waals surface area contributed by atoms with Gasteiger partial charge in [-0.15, -0.1) is 0 Å². The number of phenols is 1. The van der Waals surface area contributed by atoms with E-state index in [1.54, 1.807) is 12.1 Å². The van der Waals surface area contributed by atoms with Gasteiger partial charge in [-0.3, -0.25) is 9.59 Å². The Morgan fingerprint density at radius 3 is 2.70 bits per heavy atom. The summed E-state index contributed by atoms with van der Waals surface area (Å²) in [4.78, 5) is 24.7. The lowest BCUT2D eigenvalue weighted by molar-refractivity contribution is -0.129. The summed E-state index contributed by atoms with van der Waals surface area (Å²) >= 11 is 0. The highest BCUT2D eigenvalue weighted by atomic mass is 16.3. The molecule has 0 aromatic heterocycles. The third-order valence-electron chi connectivity index (χ3n) is 4.95. The van der Waals surface area contributed by atoms with Gasteiger partial charge in [-0.2, -0.15) is 0 Å². The molecule has 0 radical (unpaired) electrons. The summed E-state index contributed by atoms with van der Waals surface area (Å²) < 4.78 is 0. The van der Waals surface area contributed by atoms with Gasteiger partial charge in [-0.05, 0) is 42.7 Å². The quantitative estimate of drug-likeness (QED) is 0.818. The average molecular weight is 317 g/mol. The van der Waals surface area contributed by atoms with Gasteiger partial charge in [0.15, 0.2) is 5.78 Å². The maximum Gasteiger partial charge on any atom is 0.223 e. The molecule has 0 aliphatic heterocycles. The summed E-state index contributed by atoms with van der Waals surface area (Å²) in [6.07, 6.45) is 3.15. The van der Waals surface area contributed by atoms with Gasteiger partial charge in [-0.25, -0.2) is 0 Å². The Morgan fingerprint density at radius 2 is 2.04 bits per heavy atom. The standard InChI is InChI=1S/C19H27NO3/c1-12(2)16-8-7-13(3)9-17(16)19(23)20-11-18(22)14-5-4-6-15(21)10-14/h4-6,10,12-13,16-17,21H,7-9,11H2,1-3H3,(H,20,23)/t13?,16-,17+/m0/s1. The molecule has 0 heterocycles. The molecular formula is C19H27NO3. The monoisotopic (exact) mass is 317 g/mol. The molecule has 23 heavy (non-hydrogen) atoms. The second-order valence-electron chi connectivity index (χ2n) is 7.12. The highest BCUT2D eigenvalue weighted by Gasteiger charge is 2.35. The zero-order chi connectivity index (χ0) is 17.0. The number of aromatic hydroxyl groups is 1. The third-order valence-corrected chi connectivity index (χ3v) is 4.95. The number of carbonyl (C=O) groups excluding carboxylic acids is 2. The summed E-state index contributed by atoms with van der Waals surface area (Å²) in [5, 5.41) is 12.2. The van der Waals surface area contributed by atoms with Gasteiger partial charge in [0, 0.05) is 11.5 Å². The molecule has 1 unspecified atom stereocenters. The van der Waals surface area contributed by atoms with E-state index in [4.69, 9.17) is 0 Å². The van der Waals surface area contributed by atoms with Gasteiger partial charge in [0.1, 0.15) is 5.75 Å². The van der Waals surface area contributed by atoms with E-state index in [2.05, 4.69) is 26.1 Å². The van der Waals surface area contributed by atoms with Crippen LogP contribution in [0.15, 0.2) is 24.3 Å². The number of nitrogens with one attached hydrogen (secondary N) is 1. The number of amides is 1. The smallest absolute Gasteiger partial charge is 0.223 e. The fraction of sp³-hybridized carbons (Fsp3) is 0.579. The first-order valence-corrected chi connectivity index (χ1v) is 8.48. The fourth-order valence-corrected chi connectivity index (χ4v) is 3.58. The van der Waals surface area contributed by atoms with Crippen LogP contribution in [-0.2, 0) is 4.79 Å². The predicted molar refractivity (Wildman–Crippen MR) is 90.3 cm³/mol. The van der Waals surface area contributed by atoms with Crippen molar-refractivity contribution in [3.8, 4) is 5.75 Å². The van der Waals surface area contributed by atoms with Crippen LogP contribution in [0.25, 0.3) is 0 Å². The number of hydrogen-bond donors (Lipinski definition) is 2. The molecule has 1 aliphatic rings. The van der Waals surface area contributed by atoms with Crippen molar-refractivity contribution in [3.63, 3.8) is 0 Å². The van der Waals surface area contributed by atoms with Crippen LogP contribution in [0.3, 0.4) is 0 Å². The summed E-state index contributed by atoms with van der Waals surface area (Å²) in [5.41, 5.74) is 0.419. The van der Waals surface area contributed by atoms with Gasteiger partial charge in [0.05, 0.1) is 6.54 Å². The molecule has 1 aromatic rings. The minimum atomic E-state index is -0.181. The first-order valence-electron chi connectivity index (χ1n) is 8.48. The second kappa shape index (κ2) is 7.62. The van der Waals surface area contributed by atoms with Gasteiger partial charge < -0.3 is 10.4 Å². The van der Waals surface area contributed by atoms with E-state index in [1.165, 1.54) is 18.6 Å². The first-order chi connectivity index (χ1) is 10.9. The van der Waals surface area contributed by atoms with Crippen molar-refractivity contribution in [3.05, 3.63) is 29.8 Å². The molecule has 0 saturated heterocycles. The molecule has 1 fully saturated rings. The molecule has 2 N–H and O–H groups in total. The van der Waals surface area contributed by atoms with Crippen LogP contribution in [0, 0.1) is 23.7 Å².